The van der Waals surface area contributed by atoms with Crippen molar-refractivity contribution in [3.8, 4) is 0 Å². The first kappa shape index (κ1) is 11.9. The minimum absolute atomic E-state index is 0.618. The molecule has 0 bridgehead atoms. The van der Waals surface area contributed by atoms with Crippen LogP contribution < -0.4 is 5.73 Å². The first-order valence-electron chi connectivity index (χ1n) is 4.72. The Morgan fingerprint density at radius 2 is 2.08 bits per heavy atom. The molecule has 2 nitrogen and oxygen atoms in total. The fraction of sp³-hybridized carbons (Fsp3) is 0.545. The summed E-state index contributed by atoms with van der Waals surface area (Å²) in [6.45, 7) is 9.78. The average molecular weight is 180 g/mol. The van der Waals surface area contributed by atoms with E-state index in [1.165, 1.54) is 5.57 Å². The summed E-state index contributed by atoms with van der Waals surface area (Å²) in [5.41, 5.74) is 7.92. The van der Waals surface area contributed by atoms with Crippen molar-refractivity contribution in [3.05, 3.63) is 23.9 Å². The molecule has 0 spiro atoms. The van der Waals surface area contributed by atoms with Crippen molar-refractivity contribution in [2.45, 2.75) is 40.0 Å². The molecule has 0 amide bonds. The molecule has 0 unspecified atom stereocenters. The Morgan fingerprint density at radius 3 is 2.46 bits per heavy atom. The lowest BCUT2D eigenvalue weighted by Gasteiger charge is -2.05. The van der Waals surface area contributed by atoms with Crippen LogP contribution in [0.1, 0.15) is 40.0 Å². The second kappa shape index (κ2) is 6.46. The van der Waals surface area contributed by atoms with Crippen molar-refractivity contribution in [2.24, 2.45) is 10.7 Å². The van der Waals surface area contributed by atoms with Crippen LogP contribution >= 0.6 is 0 Å². The zero-order valence-corrected chi connectivity index (χ0v) is 8.93. The monoisotopic (exact) mass is 180 g/mol. The molecule has 0 aromatic rings. The van der Waals surface area contributed by atoms with Crippen LogP contribution in [-0.4, -0.2) is 5.84 Å². The number of nitrogens with two attached hydrogens (primary N) is 1. The van der Waals surface area contributed by atoms with E-state index in [1.54, 1.807) is 0 Å². The smallest absolute Gasteiger partial charge is 0.0961 e. The average Bonchev–Trinajstić information content (AvgIpc) is 2.03. The van der Waals surface area contributed by atoms with Gasteiger partial charge in [0, 0.05) is 12.1 Å². The van der Waals surface area contributed by atoms with Gasteiger partial charge in [0.1, 0.15) is 0 Å². The van der Waals surface area contributed by atoms with E-state index in [9.17, 15) is 0 Å². The van der Waals surface area contributed by atoms with Crippen LogP contribution in [0, 0.1) is 0 Å². The van der Waals surface area contributed by atoms with Crippen LogP contribution in [0.3, 0.4) is 0 Å². The highest BCUT2D eigenvalue weighted by Crippen LogP contribution is 2.15. The minimum Gasteiger partial charge on any atom is -0.387 e. The van der Waals surface area contributed by atoms with Crippen LogP contribution in [-0.2, 0) is 0 Å². The van der Waals surface area contributed by atoms with Gasteiger partial charge in [-0.2, -0.15) is 0 Å². The maximum atomic E-state index is 5.54. The molecule has 2 heteroatoms. The van der Waals surface area contributed by atoms with Crippen LogP contribution in [0.5, 0.6) is 0 Å². The third-order valence-electron chi connectivity index (χ3n) is 1.77. The van der Waals surface area contributed by atoms with Gasteiger partial charge >= 0.3 is 0 Å². The van der Waals surface area contributed by atoms with E-state index in [0.717, 1.165) is 25.0 Å². The number of aliphatic imine (C=N–C) groups is 1. The summed E-state index contributed by atoms with van der Waals surface area (Å²) in [5, 5.41) is 0. The van der Waals surface area contributed by atoms with Crippen molar-refractivity contribution >= 4 is 5.84 Å². The predicted molar refractivity (Wildman–Crippen MR) is 59.7 cm³/mol. The van der Waals surface area contributed by atoms with Gasteiger partial charge in [-0.1, -0.05) is 25.0 Å². The van der Waals surface area contributed by atoms with Crippen LogP contribution in [0.15, 0.2) is 28.9 Å². The number of hydrogen-bond acceptors (Lipinski definition) is 1. The Bertz CT molecular complexity index is 220. The molecule has 0 atom stereocenters. The number of amidine groups is 1. The van der Waals surface area contributed by atoms with Gasteiger partial charge in [-0.05, 0) is 20.3 Å². The van der Waals surface area contributed by atoms with Gasteiger partial charge in [0.2, 0.25) is 0 Å². The summed E-state index contributed by atoms with van der Waals surface area (Å²) in [6, 6.07) is 0. The highest BCUT2D eigenvalue weighted by Gasteiger charge is 1.98. The van der Waals surface area contributed by atoms with Gasteiger partial charge in [-0.25, -0.2) is 4.99 Å². The molecule has 0 aromatic carbocycles. The normalized spacial score (nSPS) is 13.9. The van der Waals surface area contributed by atoms with E-state index in [0.29, 0.717) is 5.84 Å². The molecule has 0 saturated carbocycles. The summed E-state index contributed by atoms with van der Waals surface area (Å²) in [4.78, 5) is 4.29. The fourth-order valence-corrected chi connectivity index (χ4v) is 1.18. The van der Waals surface area contributed by atoms with Crippen molar-refractivity contribution in [1.29, 1.82) is 0 Å². The van der Waals surface area contributed by atoms with E-state index >= 15 is 0 Å². The lowest BCUT2D eigenvalue weighted by Crippen LogP contribution is -2.05. The molecular formula is C11H20N2. The topological polar surface area (TPSA) is 38.4 Å². The molecule has 0 saturated heterocycles. The SMILES string of the molecule is C=CC/C(N=C(C)N)=C(/C)CCC. The standard InChI is InChI=1S/C11H20N2/c1-5-7-9(3)11(8-6-2)13-10(4)12/h6H,2,5,7-8H2,1,3-4H3,(H2,12,13)/b11-9+. The molecule has 0 fully saturated rings. The molecule has 0 aliphatic heterocycles. The van der Waals surface area contributed by atoms with E-state index in [-0.39, 0.29) is 0 Å². The van der Waals surface area contributed by atoms with Crippen LogP contribution in [0.25, 0.3) is 0 Å². The lowest BCUT2D eigenvalue weighted by molar-refractivity contribution is 0.877. The molecule has 0 aliphatic carbocycles. The number of rotatable bonds is 5. The lowest BCUT2D eigenvalue weighted by atomic mass is 10.1. The van der Waals surface area contributed by atoms with Crippen LogP contribution in [0.4, 0.5) is 0 Å². The largest absolute Gasteiger partial charge is 0.387 e. The zero-order valence-electron chi connectivity index (χ0n) is 8.93. The van der Waals surface area contributed by atoms with Crippen molar-refractivity contribution < 1.29 is 0 Å². The Balaban J connectivity index is 4.65. The van der Waals surface area contributed by atoms with Gasteiger partial charge < -0.3 is 5.73 Å². The molecule has 74 valence electrons. The van der Waals surface area contributed by atoms with Gasteiger partial charge in [0.15, 0.2) is 0 Å². The molecule has 0 radical (unpaired) electrons. The molecule has 0 rings (SSSR count). The van der Waals surface area contributed by atoms with E-state index in [2.05, 4.69) is 25.4 Å². The van der Waals surface area contributed by atoms with E-state index in [4.69, 9.17) is 5.73 Å². The highest BCUT2D eigenvalue weighted by molar-refractivity contribution is 5.78. The number of allylic oxidation sites excluding steroid dienone is 2. The van der Waals surface area contributed by atoms with Crippen molar-refractivity contribution in [1.82, 2.24) is 0 Å². The molecule has 13 heavy (non-hydrogen) atoms. The molecular weight excluding hydrogens is 160 g/mol. The van der Waals surface area contributed by atoms with Gasteiger partial charge in [-0.3, -0.25) is 0 Å². The van der Waals surface area contributed by atoms with Crippen LogP contribution in [0.2, 0.25) is 0 Å². The second-order valence-corrected chi connectivity index (χ2v) is 3.22. The number of hydrogen-bond donors (Lipinski definition) is 1. The molecule has 2 N–H and O–H groups in total. The summed E-state index contributed by atoms with van der Waals surface area (Å²) in [5.74, 6) is 0.618. The zero-order chi connectivity index (χ0) is 10.3. The van der Waals surface area contributed by atoms with E-state index in [1.807, 2.05) is 13.0 Å². The third-order valence-corrected chi connectivity index (χ3v) is 1.77. The summed E-state index contributed by atoms with van der Waals surface area (Å²) in [6.07, 6.45) is 4.90. The van der Waals surface area contributed by atoms with E-state index < -0.39 is 0 Å². The molecule has 0 aliphatic rings. The molecule has 0 heterocycles. The summed E-state index contributed by atoms with van der Waals surface area (Å²) >= 11 is 0. The summed E-state index contributed by atoms with van der Waals surface area (Å²) in [7, 11) is 0. The van der Waals surface area contributed by atoms with Gasteiger partial charge in [-0.15, -0.1) is 6.58 Å². The van der Waals surface area contributed by atoms with Gasteiger partial charge in [0.05, 0.1) is 5.84 Å². The van der Waals surface area contributed by atoms with Crippen molar-refractivity contribution in [3.63, 3.8) is 0 Å². The van der Waals surface area contributed by atoms with Crippen molar-refractivity contribution in [2.75, 3.05) is 0 Å². The Kier molecular flexibility index (Phi) is 5.94. The van der Waals surface area contributed by atoms with Gasteiger partial charge in [0.25, 0.3) is 0 Å². The Hall–Kier alpha value is -1.05. The highest BCUT2D eigenvalue weighted by atomic mass is 14.9. The maximum Gasteiger partial charge on any atom is 0.0961 e. The Labute approximate surface area is 81.2 Å². The second-order valence-electron chi connectivity index (χ2n) is 3.22. The third kappa shape index (κ3) is 5.23. The fourth-order valence-electron chi connectivity index (χ4n) is 1.18. The predicted octanol–water partition coefficient (Wildman–Crippen LogP) is 3.01. The quantitative estimate of drug-likeness (QED) is 0.394. The first-order valence-corrected chi connectivity index (χ1v) is 4.72. The first-order chi connectivity index (χ1) is 6.11. The Morgan fingerprint density at radius 1 is 1.46 bits per heavy atom. The number of nitrogens with zero attached hydrogens (tertiary/aromatic N) is 1. The maximum absolute atomic E-state index is 5.54. The summed E-state index contributed by atoms with van der Waals surface area (Å²) < 4.78 is 0. The molecule has 0 aromatic heterocycles. The minimum atomic E-state index is 0.618.